The highest BCUT2D eigenvalue weighted by Crippen LogP contribution is 2.31. The fraction of sp³-hybridized carbons (Fsp3) is 0.893. The van der Waals surface area contributed by atoms with E-state index in [2.05, 4.69) is 16.0 Å². The summed E-state index contributed by atoms with van der Waals surface area (Å²) >= 11 is 0. The monoisotopic (exact) mass is 698 g/mol. The lowest BCUT2D eigenvalue weighted by Crippen LogP contribution is -2.66. The molecule has 48 heavy (non-hydrogen) atoms. The van der Waals surface area contributed by atoms with Crippen LogP contribution in [0.2, 0.25) is 0 Å². The molecule has 3 rings (SSSR count). The first-order valence-electron chi connectivity index (χ1n) is 15.6. The number of aliphatic hydroxyl groups is 7. The Labute approximate surface area is 276 Å². The van der Waals surface area contributed by atoms with Crippen LogP contribution in [0.4, 0.5) is 0 Å². The second kappa shape index (κ2) is 18.7. The van der Waals surface area contributed by atoms with Crippen molar-refractivity contribution in [2.24, 2.45) is 17.7 Å². The Morgan fingerprint density at radius 2 is 1.04 bits per heavy atom. The molecular formula is C28H50N4O16. The van der Waals surface area contributed by atoms with Crippen molar-refractivity contribution in [3.8, 4) is 0 Å². The molecule has 20 nitrogen and oxygen atoms in total. The summed E-state index contributed by atoms with van der Waals surface area (Å²) in [5, 5.41) is 79.1. The number of rotatable bonds is 15. The topological polar surface area (TPSA) is 310 Å². The van der Waals surface area contributed by atoms with Gasteiger partial charge in [-0.2, -0.15) is 0 Å². The summed E-state index contributed by atoms with van der Waals surface area (Å²) in [6, 6.07) is -3.23. The number of nitrogens with one attached hydrogen (secondary N) is 3. The number of nitrogens with two attached hydrogens (primary N) is 1. The highest BCUT2D eigenvalue weighted by Gasteiger charge is 2.49. The molecule has 3 heterocycles. The lowest BCUT2D eigenvalue weighted by Gasteiger charge is -2.46. The zero-order valence-electron chi connectivity index (χ0n) is 27.0. The number of carbonyl (C=O) groups is 3. The van der Waals surface area contributed by atoms with Gasteiger partial charge in [-0.3, -0.25) is 19.2 Å². The SMILES string of the molecule is CC(=O)NC1[C@H](COC[C@H]2C(CO)O[C@@H](COC[C@@H]3C(CO)O[C@@H](O)C(NC(C)=O)[C@H]3O)C(NC(C)=O)[C@H]2ON)OC(CO)[C@@H](O)[C@@H]1O. The minimum Gasteiger partial charge on any atom is -0.394 e. The summed E-state index contributed by atoms with van der Waals surface area (Å²) < 4.78 is 28.8. The lowest BCUT2D eigenvalue weighted by atomic mass is 9.85. The van der Waals surface area contributed by atoms with E-state index in [4.69, 9.17) is 34.4 Å². The molecule has 278 valence electrons. The third-order valence-electron chi connectivity index (χ3n) is 8.75. The first kappa shape index (κ1) is 40.3. The Bertz CT molecular complexity index is 1050. The Hall–Kier alpha value is -2.15. The van der Waals surface area contributed by atoms with Crippen LogP contribution in [0.5, 0.6) is 0 Å². The van der Waals surface area contributed by atoms with Crippen molar-refractivity contribution in [3.05, 3.63) is 0 Å². The molecule has 3 amide bonds. The molecule has 0 bridgehead atoms. The highest BCUT2D eigenvalue weighted by molar-refractivity contribution is 5.74. The van der Waals surface area contributed by atoms with E-state index in [1.807, 2.05) is 0 Å². The van der Waals surface area contributed by atoms with E-state index in [0.717, 1.165) is 0 Å². The quantitative estimate of drug-likeness (QED) is 0.0708. The molecule has 3 aliphatic heterocycles. The molecular weight excluding hydrogens is 648 g/mol. The molecule has 0 spiro atoms. The van der Waals surface area contributed by atoms with Crippen LogP contribution in [0.1, 0.15) is 20.8 Å². The smallest absolute Gasteiger partial charge is 0.217 e. The first-order valence-corrected chi connectivity index (χ1v) is 15.6. The molecule has 0 aliphatic carbocycles. The number of hydrogen-bond donors (Lipinski definition) is 11. The number of amides is 3. The molecule has 0 radical (unpaired) electrons. The van der Waals surface area contributed by atoms with Crippen molar-refractivity contribution in [3.63, 3.8) is 0 Å². The molecule has 20 heteroatoms. The van der Waals surface area contributed by atoms with E-state index < -0.39 is 129 Å². The van der Waals surface area contributed by atoms with Gasteiger partial charge in [0.15, 0.2) is 6.29 Å². The van der Waals surface area contributed by atoms with E-state index in [1.165, 1.54) is 20.8 Å². The zero-order chi connectivity index (χ0) is 35.7. The number of aliphatic hydroxyl groups excluding tert-OH is 7. The molecule has 0 aromatic rings. The Morgan fingerprint density at radius 1 is 0.583 bits per heavy atom. The summed E-state index contributed by atoms with van der Waals surface area (Å²) in [4.78, 5) is 40.8. The fourth-order valence-electron chi connectivity index (χ4n) is 6.40. The third kappa shape index (κ3) is 9.97. The summed E-state index contributed by atoms with van der Waals surface area (Å²) in [5.74, 6) is 2.48. The fourth-order valence-corrected chi connectivity index (χ4v) is 6.40. The van der Waals surface area contributed by atoms with Crippen LogP contribution in [0, 0.1) is 11.8 Å². The molecule has 12 N–H and O–H groups in total. The van der Waals surface area contributed by atoms with Crippen molar-refractivity contribution < 1.29 is 78.7 Å². The van der Waals surface area contributed by atoms with Crippen molar-refractivity contribution in [2.75, 3.05) is 46.2 Å². The number of hydrogen-bond acceptors (Lipinski definition) is 17. The maximum Gasteiger partial charge on any atom is 0.217 e. The van der Waals surface area contributed by atoms with Gasteiger partial charge in [-0.15, -0.1) is 0 Å². The summed E-state index contributed by atoms with van der Waals surface area (Å²) in [5.41, 5.74) is 0. The molecule has 3 aliphatic rings. The van der Waals surface area contributed by atoms with Gasteiger partial charge in [-0.25, -0.2) is 5.90 Å². The van der Waals surface area contributed by atoms with Crippen LogP contribution in [0.25, 0.3) is 0 Å². The maximum absolute atomic E-state index is 12.2. The van der Waals surface area contributed by atoms with Crippen LogP contribution < -0.4 is 21.8 Å². The average molecular weight is 699 g/mol. The average Bonchev–Trinajstić information content (AvgIpc) is 3.03. The van der Waals surface area contributed by atoms with Gasteiger partial charge in [0.1, 0.15) is 42.7 Å². The van der Waals surface area contributed by atoms with E-state index >= 15 is 0 Å². The standard InChI is InChI=1S/C28H50N4O16/c1-11(36)30-21-19(46-18(6-35)25(40)26(21)41)9-44-8-15-17(5-34)45-20(22(27(15)48-29)31-12(2)37)10-43-7-14-16(4-33)47-28(42)23(24(14)39)32-13(3)38/h14-28,33-35,39-42H,4-10,29H2,1-3H3,(H,30,36)(H,31,37)(H,32,38)/t14-,15+,16?,17?,18?,19+,20+,21?,22?,23?,24+,25-,26-,27+,28-/m1/s1. The van der Waals surface area contributed by atoms with Gasteiger partial charge in [0.05, 0.1) is 76.6 Å². The highest BCUT2D eigenvalue weighted by atomic mass is 16.6. The Kier molecular flexibility index (Phi) is 15.7. The summed E-state index contributed by atoms with van der Waals surface area (Å²) in [7, 11) is 0. The molecule has 0 aromatic carbocycles. The minimum atomic E-state index is -1.58. The Balaban J connectivity index is 1.70. The first-order chi connectivity index (χ1) is 22.8. The van der Waals surface area contributed by atoms with Gasteiger partial charge in [-0.1, -0.05) is 0 Å². The molecule has 3 saturated heterocycles. The minimum absolute atomic E-state index is 0.192. The third-order valence-corrected chi connectivity index (χ3v) is 8.75. The van der Waals surface area contributed by atoms with Gasteiger partial charge < -0.3 is 75.4 Å². The van der Waals surface area contributed by atoms with Crippen molar-refractivity contribution in [1.29, 1.82) is 0 Å². The number of ether oxygens (including phenoxy) is 5. The van der Waals surface area contributed by atoms with Gasteiger partial charge in [0.2, 0.25) is 17.7 Å². The van der Waals surface area contributed by atoms with Crippen molar-refractivity contribution in [1.82, 2.24) is 16.0 Å². The summed E-state index contributed by atoms with van der Waals surface area (Å²) in [6.45, 7) is 1.04. The van der Waals surface area contributed by atoms with Crippen LogP contribution in [-0.2, 0) is 42.9 Å². The normalized spacial score (nSPS) is 40.2. The Morgan fingerprint density at radius 3 is 1.56 bits per heavy atom. The van der Waals surface area contributed by atoms with Crippen molar-refractivity contribution >= 4 is 17.7 Å². The van der Waals surface area contributed by atoms with E-state index in [0.29, 0.717) is 0 Å². The molecule has 0 aromatic heterocycles. The van der Waals surface area contributed by atoms with E-state index in [9.17, 15) is 50.1 Å². The second-order valence-corrected chi connectivity index (χ2v) is 12.2. The van der Waals surface area contributed by atoms with Crippen LogP contribution >= 0.6 is 0 Å². The van der Waals surface area contributed by atoms with Gasteiger partial charge in [0.25, 0.3) is 0 Å². The molecule has 3 fully saturated rings. The molecule has 15 atom stereocenters. The van der Waals surface area contributed by atoms with Gasteiger partial charge >= 0.3 is 0 Å². The molecule has 6 unspecified atom stereocenters. The summed E-state index contributed by atoms with van der Waals surface area (Å²) in [6.07, 6.45) is -12.0. The van der Waals surface area contributed by atoms with Gasteiger partial charge in [0, 0.05) is 32.6 Å². The van der Waals surface area contributed by atoms with Crippen LogP contribution in [-0.4, -0.2) is 179 Å². The number of carbonyl (C=O) groups excluding carboxylic acids is 3. The van der Waals surface area contributed by atoms with E-state index in [-0.39, 0.29) is 26.4 Å². The van der Waals surface area contributed by atoms with Crippen LogP contribution in [0.15, 0.2) is 0 Å². The van der Waals surface area contributed by atoms with Crippen LogP contribution in [0.3, 0.4) is 0 Å². The van der Waals surface area contributed by atoms with Gasteiger partial charge in [-0.05, 0) is 0 Å². The predicted octanol–water partition coefficient (Wildman–Crippen LogP) is -6.66. The predicted molar refractivity (Wildman–Crippen MR) is 158 cm³/mol. The van der Waals surface area contributed by atoms with E-state index in [1.54, 1.807) is 0 Å². The second-order valence-electron chi connectivity index (χ2n) is 12.2. The largest absolute Gasteiger partial charge is 0.394 e. The zero-order valence-corrected chi connectivity index (χ0v) is 27.0. The lowest BCUT2D eigenvalue weighted by molar-refractivity contribution is -0.249. The maximum atomic E-state index is 12.2. The van der Waals surface area contributed by atoms with Crippen molar-refractivity contribution in [2.45, 2.75) is 100 Å². The molecule has 0 saturated carbocycles.